The number of benzene rings is 1. The fraction of sp³-hybridized carbons (Fsp3) is 0.556. The van der Waals surface area contributed by atoms with Gasteiger partial charge < -0.3 is 14.6 Å². The minimum absolute atomic E-state index is 0.313. The maximum Gasteiger partial charge on any atom is 0.410 e. The number of aromatic amines is 1. The molecular formula is C18H27N3O2. The van der Waals surface area contributed by atoms with Gasteiger partial charge in [0.05, 0.1) is 11.0 Å². The van der Waals surface area contributed by atoms with Crippen LogP contribution in [0.5, 0.6) is 0 Å². The number of amides is 1. The Bertz CT molecular complexity index is 698. The zero-order chi connectivity index (χ0) is 17.2. The second kappa shape index (κ2) is 6.60. The third-order valence-electron chi connectivity index (χ3n) is 3.50. The van der Waals surface area contributed by atoms with Gasteiger partial charge in [-0.2, -0.15) is 0 Å². The van der Waals surface area contributed by atoms with Crippen LogP contribution in [0.3, 0.4) is 0 Å². The van der Waals surface area contributed by atoms with Gasteiger partial charge in [0, 0.05) is 20.0 Å². The van der Waals surface area contributed by atoms with Crippen molar-refractivity contribution in [2.24, 2.45) is 0 Å². The number of H-pyrrole nitrogens is 1. The predicted molar refractivity (Wildman–Crippen MR) is 92.5 cm³/mol. The molecule has 2 aromatic rings. The molecule has 1 aromatic heterocycles. The third kappa shape index (κ3) is 4.47. The summed E-state index contributed by atoms with van der Waals surface area (Å²) in [4.78, 5) is 21.7. The van der Waals surface area contributed by atoms with Crippen LogP contribution in [0.15, 0.2) is 12.1 Å². The molecule has 5 heteroatoms. The van der Waals surface area contributed by atoms with E-state index in [0.29, 0.717) is 6.54 Å². The van der Waals surface area contributed by atoms with Crippen molar-refractivity contribution < 1.29 is 9.53 Å². The maximum atomic E-state index is 12.1. The van der Waals surface area contributed by atoms with Gasteiger partial charge in [0.1, 0.15) is 11.4 Å². The fourth-order valence-corrected chi connectivity index (χ4v) is 2.54. The quantitative estimate of drug-likeness (QED) is 0.920. The van der Waals surface area contributed by atoms with Gasteiger partial charge in [-0.1, -0.05) is 13.0 Å². The predicted octanol–water partition coefficient (Wildman–Crippen LogP) is 4.19. The lowest BCUT2D eigenvalue weighted by atomic mass is 10.1. The average Bonchev–Trinajstić information content (AvgIpc) is 2.80. The number of rotatable bonds is 4. The number of hydrogen-bond acceptors (Lipinski definition) is 3. The number of imidazole rings is 1. The Labute approximate surface area is 138 Å². The van der Waals surface area contributed by atoms with Crippen LogP contribution in [0.25, 0.3) is 11.0 Å². The van der Waals surface area contributed by atoms with E-state index in [-0.39, 0.29) is 6.09 Å². The lowest BCUT2D eigenvalue weighted by Gasteiger charge is -2.24. The van der Waals surface area contributed by atoms with E-state index >= 15 is 0 Å². The van der Waals surface area contributed by atoms with E-state index in [9.17, 15) is 4.79 Å². The summed E-state index contributed by atoms with van der Waals surface area (Å²) in [7, 11) is 1.75. The molecule has 0 saturated heterocycles. The minimum atomic E-state index is -0.482. The molecule has 1 heterocycles. The molecule has 23 heavy (non-hydrogen) atoms. The smallest absolute Gasteiger partial charge is 0.410 e. The summed E-state index contributed by atoms with van der Waals surface area (Å²) in [6.45, 7) is 10.3. The van der Waals surface area contributed by atoms with Crippen molar-refractivity contribution in [3.63, 3.8) is 0 Å². The summed E-state index contributed by atoms with van der Waals surface area (Å²) in [5, 5.41) is 0. The SMILES string of the molecule is CCCc1nc2c(C)cc(CN(C)C(=O)OC(C)(C)C)cc2[nH]1. The number of hydrogen-bond donors (Lipinski definition) is 1. The molecule has 2 rings (SSSR count). The van der Waals surface area contributed by atoms with Gasteiger partial charge in [0.25, 0.3) is 0 Å². The van der Waals surface area contributed by atoms with Crippen LogP contribution in [0.4, 0.5) is 4.79 Å². The van der Waals surface area contributed by atoms with Gasteiger partial charge in [-0.3, -0.25) is 0 Å². The Morgan fingerprint density at radius 3 is 2.65 bits per heavy atom. The standard InChI is InChI=1S/C18H27N3O2/c1-7-8-15-19-14-10-13(9-12(2)16(14)20-15)11-21(6)17(22)23-18(3,4)5/h9-10H,7-8,11H2,1-6H3,(H,19,20). The van der Waals surface area contributed by atoms with E-state index in [2.05, 4.69) is 35.9 Å². The highest BCUT2D eigenvalue weighted by Crippen LogP contribution is 2.20. The first-order valence-corrected chi connectivity index (χ1v) is 8.12. The second-order valence-corrected chi connectivity index (χ2v) is 7.08. The molecule has 5 nitrogen and oxygen atoms in total. The largest absolute Gasteiger partial charge is 0.444 e. The summed E-state index contributed by atoms with van der Waals surface area (Å²) in [6.07, 6.45) is 1.69. The van der Waals surface area contributed by atoms with Crippen molar-refractivity contribution in [3.05, 3.63) is 29.1 Å². The first-order valence-electron chi connectivity index (χ1n) is 8.12. The molecule has 0 aliphatic carbocycles. The molecule has 0 bridgehead atoms. The Hall–Kier alpha value is -2.04. The highest BCUT2D eigenvalue weighted by atomic mass is 16.6. The molecule has 126 valence electrons. The van der Waals surface area contributed by atoms with Crippen molar-refractivity contribution in [1.29, 1.82) is 0 Å². The van der Waals surface area contributed by atoms with Crippen LogP contribution in [0.1, 0.15) is 51.1 Å². The lowest BCUT2D eigenvalue weighted by molar-refractivity contribution is 0.0285. The molecular weight excluding hydrogens is 290 g/mol. The Morgan fingerprint density at radius 2 is 2.04 bits per heavy atom. The van der Waals surface area contributed by atoms with Gasteiger partial charge in [0.2, 0.25) is 0 Å². The van der Waals surface area contributed by atoms with Crippen LogP contribution in [-0.4, -0.2) is 33.6 Å². The Kier molecular flexibility index (Phi) is 4.97. The monoisotopic (exact) mass is 317 g/mol. The van der Waals surface area contributed by atoms with E-state index < -0.39 is 5.60 Å². The van der Waals surface area contributed by atoms with Gasteiger partial charge in [-0.25, -0.2) is 9.78 Å². The normalized spacial score (nSPS) is 11.7. The summed E-state index contributed by atoms with van der Waals surface area (Å²) in [6, 6.07) is 4.15. The van der Waals surface area contributed by atoms with Crippen LogP contribution in [-0.2, 0) is 17.7 Å². The second-order valence-electron chi connectivity index (χ2n) is 7.08. The number of fused-ring (bicyclic) bond motifs is 1. The zero-order valence-electron chi connectivity index (χ0n) is 15.0. The van der Waals surface area contributed by atoms with Gasteiger partial charge >= 0.3 is 6.09 Å². The Balaban J connectivity index is 2.18. The number of ether oxygens (including phenoxy) is 1. The van der Waals surface area contributed by atoms with Crippen molar-refractivity contribution in [2.45, 2.75) is 59.6 Å². The number of nitrogens with zero attached hydrogens (tertiary/aromatic N) is 2. The topological polar surface area (TPSA) is 58.2 Å². The molecule has 0 unspecified atom stereocenters. The van der Waals surface area contributed by atoms with E-state index in [1.54, 1.807) is 11.9 Å². The molecule has 0 spiro atoms. The van der Waals surface area contributed by atoms with Gasteiger partial charge in [-0.15, -0.1) is 0 Å². The van der Waals surface area contributed by atoms with Crippen LogP contribution in [0.2, 0.25) is 0 Å². The first kappa shape index (κ1) is 17.3. The lowest BCUT2D eigenvalue weighted by Crippen LogP contribution is -2.33. The molecule has 0 radical (unpaired) electrons. The summed E-state index contributed by atoms with van der Waals surface area (Å²) < 4.78 is 5.39. The van der Waals surface area contributed by atoms with E-state index in [0.717, 1.165) is 40.8 Å². The minimum Gasteiger partial charge on any atom is -0.444 e. The van der Waals surface area contributed by atoms with Crippen molar-refractivity contribution in [2.75, 3.05) is 7.05 Å². The molecule has 1 aromatic carbocycles. The average molecular weight is 317 g/mol. The summed E-state index contributed by atoms with van der Waals surface area (Å²) in [5.74, 6) is 1.02. The van der Waals surface area contributed by atoms with Crippen molar-refractivity contribution in [3.8, 4) is 0 Å². The number of aryl methyl sites for hydroxylation is 2. The van der Waals surface area contributed by atoms with E-state index in [1.165, 1.54) is 0 Å². The van der Waals surface area contributed by atoms with E-state index in [1.807, 2.05) is 20.8 Å². The number of aromatic nitrogens is 2. The molecule has 0 aliphatic rings. The summed E-state index contributed by atoms with van der Waals surface area (Å²) in [5.41, 5.74) is 3.74. The number of carbonyl (C=O) groups is 1. The van der Waals surface area contributed by atoms with Crippen LogP contribution >= 0.6 is 0 Å². The molecule has 0 fully saturated rings. The van der Waals surface area contributed by atoms with Crippen molar-refractivity contribution >= 4 is 17.1 Å². The number of carbonyl (C=O) groups excluding carboxylic acids is 1. The third-order valence-corrected chi connectivity index (χ3v) is 3.50. The Morgan fingerprint density at radius 1 is 1.35 bits per heavy atom. The van der Waals surface area contributed by atoms with Gasteiger partial charge in [-0.05, 0) is 51.3 Å². The zero-order valence-corrected chi connectivity index (χ0v) is 15.0. The van der Waals surface area contributed by atoms with Crippen LogP contribution < -0.4 is 0 Å². The number of nitrogens with one attached hydrogen (secondary N) is 1. The van der Waals surface area contributed by atoms with E-state index in [4.69, 9.17) is 4.74 Å². The maximum absolute atomic E-state index is 12.1. The highest BCUT2D eigenvalue weighted by Gasteiger charge is 2.20. The highest BCUT2D eigenvalue weighted by molar-refractivity contribution is 5.79. The first-order chi connectivity index (χ1) is 10.7. The molecule has 1 N–H and O–H groups in total. The molecule has 0 saturated carbocycles. The molecule has 1 amide bonds. The fourth-order valence-electron chi connectivity index (χ4n) is 2.54. The summed E-state index contributed by atoms with van der Waals surface area (Å²) >= 11 is 0. The van der Waals surface area contributed by atoms with Crippen LogP contribution in [0, 0.1) is 6.92 Å². The van der Waals surface area contributed by atoms with Gasteiger partial charge in [0.15, 0.2) is 0 Å². The van der Waals surface area contributed by atoms with Crippen molar-refractivity contribution in [1.82, 2.24) is 14.9 Å². The molecule has 0 atom stereocenters. The molecule has 0 aliphatic heterocycles.